The van der Waals surface area contributed by atoms with Gasteiger partial charge in [-0.05, 0) is 31.6 Å². The first-order valence-electron chi connectivity index (χ1n) is 12.6. The molecule has 14 nitrogen and oxygen atoms in total. The van der Waals surface area contributed by atoms with Gasteiger partial charge in [0.2, 0.25) is 11.8 Å². The molecule has 0 radical (unpaired) electrons. The first-order chi connectivity index (χ1) is 18.6. The van der Waals surface area contributed by atoms with Gasteiger partial charge in [0, 0.05) is 12.3 Å². The molecule has 0 aromatic heterocycles. The van der Waals surface area contributed by atoms with Crippen molar-refractivity contribution in [2.75, 3.05) is 19.4 Å². The first-order valence-corrected chi connectivity index (χ1v) is 12.6. The highest BCUT2D eigenvalue weighted by atomic mass is 16.3. The van der Waals surface area contributed by atoms with Crippen molar-refractivity contribution >= 4 is 46.7 Å². The molecule has 4 rings (SSSR count). The van der Waals surface area contributed by atoms with Crippen molar-refractivity contribution in [3.63, 3.8) is 0 Å². The molecule has 2 fully saturated rings. The lowest BCUT2D eigenvalue weighted by molar-refractivity contribution is -0.196. The van der Waals surface area contributed by atoms with Crippen molar-refractivity contribution in [1.82, 2.24) is 10.2 Å². The Morgan fingerprint density at radius 2 is 1.73 bits per heavy atom. The summed E-state index contributed by atoms with van der Waals surface area (Å²) in [4.78, 5) is 91.2. The number of anilines is 1. The van der Waals surface area contributed by atoms with Crippen molar-refractivity contribution in [3.05, 3.63) is 23.3 Å². The average Bonchev–Trinajstić information content (AvgIpc) is 2.87. The molecule has 1 aromatic carbocycles. The van der Waals surface area contributed by atoms with Gasteiger partial charge in [-0.15, -0.1) is 0 Å². The summed E-state index contributed by atoms with van der Waals surface area (Å²) < 4.78 is 0. The summed E-state index contributed by atoms with van der Waals surface area (Å²) in [5, 5.41) is 38.4. The number of imide groups is 1. The minimum atomic E-state index is -3.11. The lowest BCUT2D eigenvalue weighted by atomic mass is 9.49. The number of urea groups is 1. The third-order valence-corrected chi connectivity index (χ3v) is 8.31. The predicted molar refractivity (Wildman–Crippen MR) is 135 cm³/mol. The maximum Gasteiger partial charge on any atom is 0.325 e. The van der Waals surface area contributed by atoms with E-state index in [0.29, 0.717) is 0 Å². The topological polar surface area (TPSA) is 233 Å². The number of phenolic OH excluding ortho intramolecular Hbond substituents is 1. The third-order valence-electron chi connectivity index (χ3n) is 8.31. The van der Waals surface area contributed by atoms with Crippen molar-refractivity contribution in [3.8, 4) is 5.75 Å². The van der Waals surface area contributed by atoms with Crippen molar-refractivity contribution < 1.29 is 48.9 Å². The van der Waals surface area contributed by atoms with Crippen LogP contribution in [0.2, 0.25) is 0 Å². The van der Waals surface area contributed by atoms with Crippen LogP contribution >= 0.6 is 0 Å². The molecule has 7 N–H and O–H groups in total. The second-order valence-electron chi connectivity index (χ2n) is 10.6. The Morgan fingerprint density at radius 3 is 2.27 bits per heavy atom. The Hall–Kier alpha value is -4.01. The molecule has 4 amide bonds. The fraction of sp³-hybridized carbons (Fsp3) is 0.500. The lowest BCUT2D eigenvalue weighted by Gasteiger charge is -2.56. The highest BCUT2D eigenvalue weighted by molar-refractivity contribution is 6.32. The third kappa shape index (κ3) is 3.93. The molecule has 0 heterocycles. The number of phenols is 1. The van der Waals surface area contributed by atoms with E-state index in [1.807, 2.05) is 5.32 Å². The van der Waals surface area contributed by atoms with Gasteiger partial charge in [-0.2, -0.15) is 0 Å². The SMILES string of the molecule is CCC(=O)NC(=O)Nc1ccc2c(c1O)C(=O)C1C(=O)[C@]3(O)C(=O)C(C(N)=O)C(=O)[C@@H](N(C)C)[C@@H]3[C@@H](O)[C@@H]1[C@H]2C. The van der Waals surface area contributed by atoms with Gasteiger partial charge in [0.25, 0.3) is 0 Å². The van der Waals surface area contributed by atoms with Crippen molar-refractivity contribution in [2.45, 2.75) is 43.9 Å². The number of fused-ring (bicyclic) bond motifs is 3. The Labute approximate surface area is 227 Å². The van der Waals surface area contributed by atoms with E-state index < -0.39 is 94.1 Å². The molecule has 40 heavy (non-hydrogen) atoms. The van der Waals surface area contributed by atoms with Crippen LogP contribution in [0.15, 0.2) is 12.1 Å². The Kier molecular flexibility index (Phi) is 7.15. The van der Waals surface area contributed by atoms with E-state index in [4.69, 9.17) is 5.73 Å². The van der Waals surface area contributed by atoms with Crippen LogP contribution < -0.4 is 16.4 Å². The van der Waals surface area contributed by atoms with Gasteiger partial charge < -0.3 is 26.4 Å². The van der Waals surface area contributed by atoms with Crippen molar-refractivity contribution in [1.29, 1.82) is 0 Å². The molecule has 2 saturated carbocycles. The van der Waals surface area contributed by atoms with Gasteiger partial charge in [0.05, 0.1) is 35.2 Å². The van der Waals surface area contributed by atoms with Crippen molar-refractivity contribution in [2.24, 2.45) is 29.4 Å². The number of Topliss-reactive ketones (excluding diaryl/α,β-unsaturated/α-hetero) is 4. The van der Waals surface area contributed by atoms with E-state index in [1.54, 1.807) is 6.92 Å². The Morgan fingerprint density at radius 1 is 1.10 bits per heavy atom. The fourth-order valence-electron chi connectivity index (χ4n) is 6.46. The Bertz CT molecular complexity index is 1370. The average molecular weight is 559 g/mol. The molecule has 14 heteroatoms. The molecule has 0 saturated heterocycles. The number of nitrogens with one attached hydrogen (secondary N) is 2. The molecule has 3 aliphatic carbocycles. The number of nitrogens with zero attached hydrogens (tertiary/aromatic N) is 1. The van der Waals surface area contributed by atoms with Crippen LogP contribution in [-0.2, 0) is 24.0 Å². The second-order valence-corrected chi connectivity index (χ2v) is 10.6. The second kappa shape index (κ2) is 9.87. The van der Waals surface area contributed by atoms with Gasteiger partial charge in [-0.25, -0.2) is 4.79 Å². The molecule has 1 aromatic rings. The number of hydrogen-bond acceptors (Lipinski definition) is 11. The number of rotatable bonds is 4. The highest BCUT2D eigenvalue weighted by Gasteiger charge is 2.72. The number of likely N-dealkylation sites (N-methyl/N-ethyl adjacent to an activating group) is 1. The minimum Gasteiger partial charge on any atom is -0.505 e. The summed E-state index contributed by atoms with van der Waals surface area (Å²) in [6.45, 7) is 3.08. The van der Waals surface area contributed by atoms with Gasteiger partial charge >= 0.3 is 6.03 Å². The predicted octanol–water partition coefficient (Wildman–Crippen LogP) is -1.54. The molecule has 3 aliphatic rings. The summed E-state index contributed by atoms with van der Waals surface area (Å²) in [6.07, 6.45) is -1.74. The molecule has 0 bridgehead atoms. The number of aromatic hydroxyl groups is 1. The quantitative estimate of drug-likeness (QED) is 0.183. The van der Waals surface area contributed by atoms with E-state index in [9.17, 15) is 48.9 Å². The molecule has 8 atom stereocenters. The zero-order valence-electron chi connectivity index (χ0n) is 22.1. The fourth-order valence-corrected chi connectivity index (χ4v) is 6.46. The number of aliphatic hydroxyl groups is 2. The lowest BCUT2D eigenvalue weighted by Crippen LogP contribution is -2.77. The number of hydrogen-bond donors (Lipinski definition) is 6. The number of aliphatic hydroxyl groups excluding tert-OH is 1. The molecular formula is C26H30N4O10. The minimum absolute atomic E-state index is 0.00656. The summed E-state index contributed by atoms with van der Waals surface area (Å²) in [5.41, 5.74) is 1.74. The monoisotopic (exact) mass is 558 g/mol. The summed E-state index contributed by atoms with van der Waals surface area (Å²) in [7, 11) is 2.81. The van der Waals surface area contributed by atoms with E-state index in [0.717, 1.165) is 0 Å². The number of nitrogens with two attached hydrogens (primary N) is 1. The summed E-state index contributed by atoms with van der Waals surface area (Å²) >= 11 is 0. The largest absolute Gasteiger partial charge is 0.505 e. The van der Waals surface area contributed by atoms with Crippen LogP contribution in [0.5, 0.6) is 5.75 Å². The van der Waals surface area contributed by atoms with E-state index in [-0.39, 0.29) is 23.2 Å². The number of carbonyl (C=O) groups is 7. The molecule has 214 valence electrons. The van der Waals surface area contributed by atoms with Crippen LogP contribution in [0, 0.1) is 23.7 Å². The molecule has 0 aliphatic heterocycles. The standard InChI is InChI=1S/C26H30N4O10/c1-5-11(31)29-25(39)28-10-7-6-9-8(2)12-14(19(33)13(9)18(10)32)22(36)26(40)16(20(12)34)17(30(3)4)21(35)15(23(26)37)24(27)38/h6-8,12,14-17,20,32,34,40H,5H2,1-4H3,(H2,27,38)(H2,28,29,31,39)/t8-,12+,14?,15?,16+,17-,20-,26-/m0/s1. The summed E-state index contributed by atoms with van der Waals surface area (Å²) in [5.74, 6) is -15.3. The van der Waals surface area contributed by atoms with Crippen LogP contribution in [0.3, 0.4) is 0 Å². The van der Waals surface area contributed by atoms with Crippen LogP contribution in [0.1, 0.15) is 42.1 Å². The van der Waals surface area contributed by atoms with E-state index in [1.165, 1.54) is 38.1 Å². The number of amides is 4. The Balaban J connectivity index is 1.84. The van der Waals surface area contributed by atoms with Gasteiger partial charge in [-0.1, -0.05) is 19.9 Å². The van der Waals surface area contributed by atoms with Gasteiger partial charge in [-0.3, -0.25) is 39.0 Å². The number of carbonyl (C=O) groups excluding carboxylic acids is 7. The normalized spacial score (nSPS) is 33.1. The van der Waals surface area contributed by atoms with E-state index >= 15 is 0 Å². The zero-order chi connectivity index (χ0) is 30.0. The van der Waals surface area contributed by atoms with Crippen LogP contribution in [0.25, 0.3) is 0 Å². The number of ketones is 4. The van der Waals surface area contributed by atoms with Crippen LogP contribution in [0.4, 0.5) is 10.5 Å². The number of benzene rings is 1. The smallest absolute Gasteiger partial charge is 0.325 e. The summed E-state index contributed by atoms with van der Waals surface area (Å²) in [6, 6.07) is 0.220. The molecular weight excluding hydrogens is 528 g/mol. The van der Waals surface area contributed by atoms with Crippen LogP contribution in [-0.4, -0.2) is 93.0 Å². The maximum absolute atomic E-state index is 13.9. The van der Waals surface area contributed by atoms with Gasteiger partial charge in [0.1, 0.15) is 5.75 Å². The van der Waals surface area contributed by atoms with Gasteiger partial charge in [0.15, 0.2) is 34.7 Å². The zero-order valence-corrected chi connectivity index (χ0v) is 22.1. The highest BCUT2D eigenvalue weighted by Crippen LogP contribution is 2.55. The number of primary amides is 1. The maximum atomic E-state index is 13.9. The molecule has 0 spiro atoms. The molecule has 2 unspecified atom stereocenters. The van der Waals surface area contributed by atoms with E-state index in [2.05, 4.69) is 5.32 Å². The first kappa shape index (κ1) is 29.0.